The van der Waals surface area contributed by atoms with E-state index in [2.05, 4.69) is 44.5 Å². The van der Waals surface area contributed by atoms with Crippen molar-refractivity contribution in [1.29, 1.82) is 0 Å². The van der Waals surface area contributed by atoms with Crippen molar-refractivity contribution in [3.8, 4) is 15.8 Å². The summed E-state index contributed by atoms with van der Waals surface area (Å²) < 4.78 is 7.34. The zero-order valence-corrected chi connectivity index (χ0v) is 18.7. The number of amides is 1. The molecule has 1 amide bonds. The van der Waals surface area contributed by atoms with E-state index < -0.39 is 6.09 Å². The predicted octanol–water partition coefficient (Wildman–Crippen LogP) is 4.14. The lowest BCUT2D eigenvalue weighted by Crippen LogP contribution is -2.26. The molecule has 4 rings (SSSR count). The molecule has 0 spiro atoms. The summed E-state index contributed by atoms with van der Waals surface area (Å²) >= 11 is 1.30. The first-order valence-corrected chi connectivity index (χ1v) is 11.0. The van der Waals surface area contributed by atoms with Gasteiger partial charge < -0.3 is 15.0 Å². The number of hydrogen-bond acceptors (Lipinski definition) is 7. The Hall–Kier alpha value is -3.72. The third-order valence-electron chi connectivity index (χ3n) is 4.82. The van der Waals surface area contributed by atoms with Crippen LogP contribution in [0.3, 0.4) is 0 Å². The number of pyridine rings is 1. The number of nitrogens with zero attached hydrogens (tertiary/aromatic N) is 5. The number of likely N-dealkylation sites (N-methyl/N-ethyl adjacent to an activating group) is 1. The van der Waals surface area contributed by atoms with Crippen LogP contribution >= 0.6 is 11.3 Å². The van der Waals surface area contributed by atoms with Crippen molar-refractivity contribution in [1.82, 2.24) is 25.1 Å². The van der Waals surface area contributed by atoms with Gasteiger partial charge in [0.05, 0.1) is 12.2 Å². The third-order valence-corrected chi connectivity index (χ3v) is 5.88. The maximum atomic E-state index is 12.2. The van der Waals surface area contributed by atoms with Crippen molar-refractivity contribution in [2.75, 3.05) is 18.5 Å². The van der Waals surface area contributed by atoms with Gasteiger partial charge >= 0.3 is 6.09 Å². The van der Waals surface area contributed by atoms with Gasteiger partial charge in [-0.3, -0.25) is 9.67 Å². The van der Waals surface area contributed by atoms with Crippen molar-refractivity contribution < 1.29 is 9.53 Å². The minimum Gasteiger partial charge on any atom is -0.397 e. The zero-order chi connectivity index (χ0) is 22.3. The Kier molecular flexibility index (Phi) is 6.76. The van der Waals surface area contributed by atoms with Gasteiger partial charge in [0.2, 0.25) is 5.06 Å². The second-order valence-electron chi connectivity index (χ2n) is 7.22. The monoisotopic (exact) mass is 448 g/mol. The standard InChI is InChI=1S/C23H24N6O2S/c1-17-22(31-23(30)25-16-18-7-6-11-24-15-18)32-21(26-17)20-10-12-29(27-20)14-13-28(2)19-8-4-3-5-9-19/h3-12,15H,13-14,16H2,1-2H3,(H,25,30). The maximum absolute atomic E-state index is 12.2. The summed E-state index contributed by atoms with van der Waals surface area (Å²) in [4.78, 5) is 22.9. The molecule has 0 aliphatic heterocycles. The van der Waals surface area contributed by atoms with E-state index in [-0.39, 0.29) is 0 Å². The highest BCUT2D eigenvalue weighted by Crippen LogP contribution is 2.32. The molecule has 0 fully saturated rings. The van der Waals surface area contributed by atoms with E-state index in [1.165, 1.54) is 17.0 Å². The summed E-state index contributed by atoms with van der Waals surface area (Å²) in [6.07, 6.45) is 4.80. The van der Waals surface area contributed by atoms with Crippen LogP contribution < -0.4 is 15.0 Å². The van der Waals surface area contributed by atoms with Crippen LogP contribution in [0, 0.1) is 6.92 Å². The topological polar surface area (TPSA) is 85.2 Å². The molecule has 3 aromatic heterocycles. The van der Waals surface area contributed by atoms with Crippen LogP contribution in [0.25, 0.3) is 10.7 Å². The van der Waals surface area contributed by atoms with Crippen LogP contribution in [-0.2, 0) is 13.1 Å². The molecule has 0 aliphatic rings. The Morgan fingerprint density at radius 1 is 1.19 bits per heavy atom. The minimum absolute atomic E-state index is 0.346. The number of carbonyl (C=O) groups excluding carboxylic acids is 1. The molecule has 0 atom stereocenters. The van der Waals surface area contributed by atoms with Gasteiger partial charge in [0, 0.05) is 44.4 Å². The first-order valence-electron chi connectivity index (χ1n) is 10.2. The van der Waals surface area contributed by atoms with Gasteiger partial charge in [0.25, 0.3) is 0 Å². The van der Waals surface area contributed by atoms with Crippen LogP contribution in [0.1, 0.15) is 11.3 Å². The summed E-state index contributed by atoms with van der Waals surface area (Å²) in [6.45, 7) is 3.73. The molecular weight excluding hydrogens is 424 g/mol. The number of carbonyl (C=O) groups is 1. The molecule has 9 heteroatoms. The molecule has 0 radical (unpaired) electrons. The Morgan fingerprint density at radius 3 is 2.81 bits per heavy atom. The van der Waals surface area contributed by atoms with E-state index in [9.17, 15) is 4.79 Å². The summed E-state index contributed by atoms with van der Waals surface area (Å²) in [6, 6.07) is 15.9. The van der Waals surface area contributed by atoms with Crippen molar-refractivity contribution in [3.63, 3.8) is 0 Å². The maximum Gasteiger partial charge on any atom is 0.413 e. The number of aryl methyl sites for hydroxylation is 1. The normalized spacial score (nSPS) is 10.7. The van der Waals surface area contributed by atoms with Crippen molar-refractivity contribution >= 4 is 23.1 Å². The fourth-order valence-corrected chi connectivity index (χ4v) is 3.93. The van der Waals surface area contributed by atoms with Gasteiger partial charge in [-0.2, -0.15) is 5.10 Å². The number of aromatic nitrogens is 4. The highest BCUT2D eigenvalue weighted by Gasteiger charge is 2.16. The van der Waals surface area contributed by atoms with Gasteiger partial charge in [-0.1, -0.05) is 35.6 Å². The van der Waals surface area contributed by atoms with E-state index in [1.807, 2.05) is 54.2 Å². The Balaban J connectivity index is 1.33. The number of benzene rings is 1. The molecule has 4 aromatic rings. The largest absolute Gasteiger partial charge is 0.413 e. The molecule has 3 heterocycles. The minimum atomic E-state index is -0.526. The first kappa shape index (κ1) is 21.5. The fourth-order valence-electron chi connectivity index (χ4n) is 3.05. The van der Waals surface area contributed by atoms with Gasteiger partial charge in [0.1, 0.15) is 10.7 Å². The first-order chi connectivity index (χ1) is 15.6. The van der Waals surface area contributed by atoms with Gasteiger partial charge in [-0.15, -0.1) is 0 Å². The molecule has 8 nitrogen and oxygen atoms in total. The number of nitrogens with one attached hydrogen (secondary N) is 1. The summed E-state index contributed by atoms with van der Waals surface area (Å²) in [7, 11) is 2.06. The Morgan fingerprint density at radius 2 is 2.03 bits per heavy atom. The van der Waals surface area contributed by atoms with Crippen molar-refractivity contribution in [3.05, 3.63) is 78.4 Å². The molecule has 32 heavy (non-hydrogen) atoms. The molecule has 0 saturated heterocycles. The summed E-state index contributed by atoms with van der Waals surface area (Å²) in [5, 5.41) is 8.53. The summed E-state index contributed by atoms with van der Waals surface area (Å²) in [5.74, 6) is 0. The molecule has 0 unspecified atom stereocenters. The van der Waals surface area contributed by atoms with Crippen LogP contribution in [0.15, 0.2) is 67.1 Å². The average molecular weight is 449 g/mol. The SMILES string of the molecule is Cc1nc(-c2ccn(CCN(C)c3ccccc3)n2)sc1OC(=O)NCc1cccnc1. The van der Waals surface area contributed by atoms with E-state index in [1.54, 1.807) is 12.4 Å². The third kappa shape index (κ3) is 5.50. The van der Waals surface area contributed by atoms with E-state index in [4.69, 9.17) is 4.74 Å². The quantitative estimate of drug-likeness (QED) is 0.436. The smallest absolute Gasteiger partial charge is 0.397 e. The Bertz CT molecular complexity index is 1160. The molecule has 1 N–H and O–H groups in total. The molecule has 0 aliphatic carbocycles. The number of rotatable bonds is 8. The van der Waals surface area contributed by atoms with E-state index >= 15 is 0 Å². The molecule has 164 valence electrons. The zero-order valence-electron chi connectivity index (χ0n) is 17.9. The second-order valence-corrected chi connectivity index (χ2v) is 8.18. The van der Waals surface area contributed by atoms with Gasteiger partial charge in [-0.05, 0) is 36.8 Å². The number of ether oxygens (including phenoxy) is 1. The van der Waals surface area contributed by atoms with E-state index in [0.29, 0.717) is 22.3 Å². The van der Waals surface area contributed by atoms with Crippen LogP contribution in [0.4, 0.5) is 10.5 Å². The van der Waals surface area contributed by atoms with Crippen LogP contribution in [0.5, 0.6) is 5.06 Å². The number of thiazole rings is 1. The molecule has 1 aromatic carbocycles. The van der Waals surface area contributed by atoms with Crippen molar-refractivity contribution in [2.24, 2.45) is 0 Å². The van der Waals surface area contributed by atoms with Crippen molar-refractivity contribution in [2.45, 2.75) is 20.0 Å². The number of anilines is 1. The summed E-state index contributed by atoms with van der Waals surface area (Å²) in [5.41, 5.74) is 3.47. The predicted molar refractivity (Wildman–Crippen MR) is 125 cm³/mol. The van der Waals surface area contributed by atoms with Crippen LogP contribution in [-0.4, -0.2) is 39.4 Å². The highest BCUT2D eigenvalue weighted by atomic mass is 32.1. The highest BCUT2D eigenvalue weighted by molar-refractivity contribution is 7.17. The van der Waals surface area contributed by atoms with Gasteiger partial charge in [0.15, 0.2) is 0 Å². The molecule has 0 bridgehead atoms. The fraction of sp³-hybridized carbons (Fsp3) is 0.217. The Labute approximate surface area is 190 Å². The lowest BCUT2D eigenvalue weighted by atomic mass is 10.3. The second kappa shape index (κ2) is 10.1. The average Bonchev–Trinajstić information content (AvgIpc) is 3.44. The molecule has 0 saturated carbocycles. The van der Waals surface area contributed by atoms with Crippen LogP contribution in [0.2, 0.25) is 0 Å². The number of para-hydroxylation sites is 1. The number of hydrogen-bond donors (Lipinski definition) is 1. The lowest BCUT2D eigenvalue weighted by molar-refractivity contribution is 0.201. The van der Waals surface area contributed by atoms with E-state index in [0.717, 1.165) is 24.3 Å². The van der Waals surface area contributed by atoms with Gasteiger partial charge in [-0.25, -0.2) is 9.78 Å². The lowest BCUT2D eigenvalue weighted by Gasteiger charge is -2.18. The molecular formula is C23H24N6O2S.